The van der Waals surface area contributed by atoms with Crippen molar-refractivity contribution < 1.29 is 18.7 Å². The molecule has 1 N–H and O–H groups in total. The molecule has 2 aromatic carbocycles. The Kier molecular flexibility index (Phi) is 8.09. The first-order chi connectivity index (χ1) is 16.6. The summed E-state index contributed by atoms with van der Waals surface area (Å²) in [4.78, 5) is 19.9. The number of likely N-dealkylation sites (tertiary alicyclic amines) is 1. The standard InChI is InChI=1S/C27H30FN3O3/c1-33-22-8-6-7-21(19-22)26(24-10-4-5-14-29-24)30-27(32)20-12-15-31(16-13-20)17-18-34-25-11-3-2-9-23(25)28/h2-11,14,19-20,26H,12-13,15-18H2,1H3,(H,30,32)/t26-/m0/s1. The Morgan fingerprint density at radius 1 is 1.12 bits per heavy atom. The average Bonchev–Trinajstić information content (AvgIpc) is 2.89. The number of aromatic nitrogens is 1. The summed E-state index contributed by atoms with van der Waals surface area (Å²) in [6.07, 6.45) is 3.26. The minimum absolute atomic E-state index is 0.0285. The number of hydrogen-bond donors (Lipinski definition) is 1. The molecule has 0 saturated carbocycles. The number of benzene rings is 2. The van der Waals surface area contributed by atoms with Gasteiger partial charge in [-0.3, -0.25) is 14.7 Å². The number of nitrogens with zero attached hydrogens (tertiary/aromatic N) is 2. The molecule has 1 saturated heterocycles. The first-order valence-corrected chi connectivity index (χ1v) is 11.6. The highest BCUT2D eigenvalue weighted by molar-refractivity contribution is 5.79. The Bertz CT molecular complexity index is 1070. The number of amides is 1. The third-order valence-corrected chi connectivity index (χ3v) is 6.16. The van der Waals surface area contributed by atoms with Gasteiger partial charge >= 0.3 is 0 Å². The minimum atomic E-state index is -0.351. The van der Waals surface area contributed by atoms with Crippen LogP contribution >= 0.6 is 0 Å². The van der Waals surface area contributed by atoms with E-state index in [0.717, 1.165) is 42.9 Å². The number of pyridine rings is 1. The van der Waals surface area contributed by atoms with Gasteiger partial charge in [0.05, 0.1) is 18.8 Å². The SMILES string of the molecule is COc1cccc([C@H](NC(=O)C2CCN(CCOc3ccccc3F)CC2)c2ccccn2)c1. The molecular formula is C27H30FN3O3. The Morgan fingerprint density at radius 2 is 1.91 bits per heavy atom. The van der Waals surface area contributed by atoms with E-state index in [9.17, 15) is 9.18 Å². The topological polar surface area (TPSA) is 63.7 Å². The summed E-state index contributed by atoms with van der Waals surface area (Å²) in [5.41, 5.74) is 1.71. The molecule has 1 aliphatic heterocycles. The Labute approximate surface area is 199 Å². The number of ether oxygens (including phenoxy) is 2. The van der Waals surface area contributed by atoms with E-state index in [4.69, 9.17) is 9.47 Å². The van der Waals surface area contributed by atoms with Gasteiger partial charge in [0.15, 0.2) is 11.6 Å². The summed E-state index contributed by atoms with van der Waals surface area (Å²) >= 11 is 0. The normalized spacial score (nSPS) is 15.5. The van der Waals surface area contributed by atoms with Crippen molar-refractivity contribution in [1.29, 1.82) is 0 Å². The predicted molar refractivity (Wildman–Crippen MR) is 128 cm³/mol. The van der Waals surface area contributed by atoms with E-state index in [0.29, 0.717) is 13.2 Å². The van der Waals surface area contributed by atoms with E-state index < -0.39 is 0 Å². The number of hydrogen-bond acceptors (Lipinski definition) is 5. The molecule has 178 valence electrons. The second-order valence-electron chi connectivity index (χ2n) is 8.37. The van der Waals surface area contributed by atoms with Gasteiger partial charge in [0, 0.05) is 18.7 Å². The summed E-state index contributed by atoms with van der Waals surface area (Å²) in [5, 5.41) is 3.21. The fourth-order valence-electron chi connectivity index (χ4n) is 4.22. The fraction of sp³-hybridized carbons (Fsp3) is 0.333. The van der Waals surface area contributed by atoms with Crippen LogP contribution in [0.5, 0.6) is 11.5 Å². The molecule has 7 heteroatoms. The van der Waals surface area contributed by atoms with Gasteiger partial charge in [0.2, 0.25) is 5.91 Å². The van der Waals surface area contributed by atoms with Crippen LogP contribution in [0.15, 0.2) is 72.9 Å². The number of rotatable bonds is 9. The Hall–Kier alpha value is -3.45. The third kappa shape index (κ3) is 6.11. The van der Waals surface area contributed by atoms with Gasteiger partial charge in [-0.15, -0.1) is 0 Å². The van der Waals surface area contributed by atoms with Gasteiger partial charge < -0.3 is 14.8 Å². The number of methoxy groups -OCH3 is 1. The van der Waals surface area contributed by atoms with Crippen LogP contribution in [0, 0.1) is 11.7 Å². The van der Waals surface area contributed by atoms with Gasteiger partial charge in [0.25, 0.3) is 0 Å². The molecule has 4 rings (SSSR count). The molecule has 0 unspecified atom stereocenters. The molecule has 1 aliphatic rings. The van der Waals surface area contributed by atoms with E-state index >= 15 is 0 Å². The molecule has 0 bridgehead atoms. The van der Waals surface area contributed by atoms with E-state index in [-0.39, 0.29) is 29.4 Å². The predicted octanol–water partition coefficient (Wildman–Crippen LogP) is 4.23. The number of carbonyl (C=O) groups is 1. The zero-order chi connectivity index (χ0) is 23.8. The monoisotopic (exact) mass is 463 g/mol. The molecule has 1 amide bonds. The summed E-state index contributed by atoms with van der Waals surface area (Å²) < 4.78 is 24.6. The van der Waals surface area contributed by atoms with Gasteiger partial charge in [-0.1, -0.05) is 30.3 Å². The Balaban J connectivity index is 1.32. The summed E-state index contributed by atoms with van der Waals surface area (Å²) in [6.45, 7) is 2.71. The van der Waals surface area contributed by atoms with Crippen LogP contribution in [0.25, 0.3) is 0 Å². The van der Waals surface area contributed by atoms with Crippen LogP contribution < -0.4 is 14.8 Å². The molecule has 0 spiro atoms. The van der Waals surface area contributed by atoms with Crippen molar-refractivity contribution in [2.24, 2.45) is 5.92 Å². The van der Waals surface area contributed by atoms with Gasteiger partial charge in [-0.05, 0) is 67.9 Å². The molecule has 2 heterocycles. The van der Waals surface area contributed by atoms with Crippen molar-refractivity contribution in [2.75, 3.05) is 33.4 Å². The zero-order valence-electron chi connectivity index (χ0n) is 19.3. The lowest BCUT2D eigenvalue weighted by atomic mass is 9.94. The largest absolute Gasteiger partial charge is 0.497 e. The van der Waals surface area contributed by atoms with Crippen molar-refractivity contribution in [3.05, 3.63) is 90.0 Å². The molecule has 34 heavy (non-hydrogen) atoms. The van der Waals surface area contributed by atoms with E-state index in [2.05, 4.69) is 15.2 Å². The Morgan fingerprint density at radius 3 is 2.65 bits per heavy atom. The van der Waals surface area contributed by atoms with E-state index in [1.807, 2.05) is 42.5 Å². The van der Waals surface area contributed by atoms with Crippen LogP contribution in [0.4, 0.5) is 4.39 Å². The van der Waals surface area contributed by atoms with Crippen LogP contribution in [-0.4, -0.2) is 49.1 Å². The van der Waals surface area contributed by atoms with Crippen molar-refractivity contribution >= 4 is 5.91 Å². The van der Waals surface area contributed by atoms with E-state index in [1.165, 1.54) is 6.07 Å². The van der Waals surface area contributed by atoms with Crippen LogP contribution in [0.1, 0.15) is 30.1 Å². The van der Waals surface area contributed by atoms with E-state index in [1.54, 1.807) is 31.5 Å². The molecular weight excluding hydrogens is 433 g/mol. The molecule has 0 aliphatic carbocycles. The van der Waals surface area contributed by atoms with Crippen LogP contribution in [-0.2, 0) is 4.79 Å². The first kappa shape index (κ1) is 23.7. The first-order valence-electron chi connectivity index (χ1n) is 11.6. The second kappa shape index (κ2) is 11.6. The highest BCUT2D eigenvalue weighted by Crippen LogP contribution is 2.26. The molecule has 0 radical (unpaired) electrons. The lowest BCUT2D eigenvalue weighted by molar-refractivity contribution is -0.127. The number of piperidine rings is 1. The number of para-hydroxylation sites is 1. The second-order valence-corrected chi connectivity index (χ2v) is 8.37. The highest BCUT2D eigenvalue weighted by Gasteiger charge is 2.28. The third-order valence-electron chi connectivity index (χ3n) is 6.16. The number of nitrogens with one attached hydrogen (secondary N) is 1. The fourth-order valence-corrected chi connectivity index (χ4v) is 4.22. The van der Waals surface area contributed by atoms with Gasteiger partial charge in [-0.25, -0.2) is 4.39 Å². The summed E-state index contributed by atoms with van der Waals surface area (Å²) in [6, 6.07) is 19.5. The smallest absolute Gasteiger partial charge is 0.224 e. The molecule has 6 nitrogen and oxygen atoms in total. The maximum absolute atomic E-state index is 13.7. The quantitative estimate of drug-likeness (QED) is 0.515. The van der Waals surface area contributed by atoms with Gasteiger partial charge in [0.1, 0.15) is 12.4 Å². The molecule has 3 aromatic rings. The lowest BCUT2D eigenvalue weighted by Gasteiger charge is -2.32. The highest BCUT2D eigenvalue weighted by atomic mass is 19.1. The summed E-state index contributed by atoms with van der Waals surface area (Å²) in [5.74, 6) is 0.617. The van der Waals surface area contributed by atoms with Crippen LogP contribution in [0.2, 0.25) is 0 Å². The minimum Gasteiger partial charge on any atom is -0.497 e. The maximum atomic E-state index is 13.7. The molecule has 1 aromatic heterocycles. The molecule has 1 fully saturated rings. The maximum Gasteiger partial charge on any atom is 0.224 e. The zero-order valence-corrected chi connectivity index (χ0v) is 19.3. The van der Waals surface area contributed by atoms with Crippen molar-refractivity contribution in [1.82, 2.24) is 15.2 Å². The lowest BCUT2D eigenvalue weighted by Crippen LogP contribution is -2.43. The van der Waals surface area contributed by atoms with Crippen LogP contribution in [0.3, 0.4) is 0 Å². The number of halogens is 1. The number of carbonyl (C=O) groups excluding carboxylic acids is 1. The molecule has 1 atom stereocenters. The summed E-state index contributed by atoms with van der Waals surface area (Å²) in [7, 11) is 1.63. The van der Waals surface area contributed by atoms with Crippen molar-refractivity contribution in [2.45, 2.75) is 18.9 Å². The van der Waals surface area contributed by atoms with Crippen molar-refractivity contribution in [3.8, 4) is 11.5 Å². The van der Waals surface area contributed by atoms with Gasteiger partial charge in [-0.2, -0.15) is 0 Å². The average molecular weight is 464 g/mol. The van der Waals surface area contributed by atoms with Crippen molar-refractivity contribution in [3.63, 3.8) is 0 Å².